The van der Waals surface area contributed by atoms with Gasteiger partial charge in [-0.2, -0.15) is 10.5 Å². The van der Waals surface area contributed by atoms with Gasteiger partial charge in [-0.05, 0) is 18.6 Å². The minimum atomic E-state index is -1.23. The number of aliphatic hydroxyl groups is 1. The Morgan fingerprint density at radius 1 is 1.25 bits per heavy atom. The van der Waals surface area contributed by atoms with E-state index in [2.05, 4.69) is 0 Å². The van der Waals surface area contributed by atoms with Crippen LogP contribution < -0.4 is 10.5 Å². The molecule has 1 aromatic carbocycles. The van der Waals surface area contributed by atoms with Gasteiger partial charge < -0.3 is 20.3 Å². The van der Waals surface area contributed by atoms with Gasteiger partial charge in [0.2, 0.25) is 0 Å². The van der Waals surface area contributed by atoms with Crippen LogP contribution in [-0.2, 0) is 4.74 Å². The summed E-state index contributed by atoms with van der Waals surface area (Å²) in [5.41, 5.74) is 5.67. The minimum absolute atomic E-state index is 0.0892. The number of ether oxygens (including phenoxy) is 2. The zero-order valence-electron chi connectivity index (χ0n) is 11.0. The fourth-order valence-electron chi connectivity index (χ4n) is 1.52. The average molecular weight is 275 g/mol. The molecule has 1 aromatic rings. The quantitative estimate of drug-likeness (QED) is 0.688. The van der Waals surface area contributed by atoms with Crippen LogP contribution in [0.1, 0.15) is 12.8 Å². The van der Waals surface area contributed by atoms with Crippen molar-refractivity contribution < 1.29 is 14.6 Å². The summed E-state index contributed by atoms with van der Waals surface area (Å²) in [5, 5.41) is 27.0. The third kappa shape index (κ3) is 5.68. The summed E-state index contributed by atoms with van der Waals surface area (Å²) in [6, 6.07) is 12.9. The summed E-state index contributed by atoms with van der Waals surface area (Å²) in [4.78, 5) is 0. The van der Waals surface area contributed by atoms with E-state index in [9.17, 15) is 5.11 Å². The molecule has 0 aliphatic heterocycles. The van der Waals surface area contributed by atoms with E-state index < -0.39 is 18.4 Å². The molecule has 106 valence electrons. The van der Waals surface area contributed by atoms with E-state index in [1.807, 2.05) is 30.3 Å². The van der Waals surface area contributed by atoms with E-state index in [0.717, 1.165) is 0 Å². The summed E-state index contributed by atoms with van der Waals surface area (Å²) in [6.45, 7) is -0.0892. The van der Waals surface area contributed by atoms with Crippen LogP contribution in [0.5, 0.6) is 5.75 Å². The van der Waals surface area contributed by atoms with Crippen molar-refractivity contribution in [2.75, 3.05) is 6.61 Å². The molecule has 0 saturated heterocycles. The Labute approximate surface area is 117 Å². The highest BCUT2D eigenvalue weighted by molar-refractivity contribution is 5.20. The molecule has 1 rings (SSSR count). The van der Waals surface area contributed by atoms with E-state index in [0.29, 0.717) is 12.2 Å². The predicted octanol–water partition coefficient (Wildman–Crippen LogP) is 1.13. The highest BCUT2D eigenvalue weighted by atomic mass is 16.6. The monoisotopic (exact) mass is 275 g/mol. The Bertz CT molecular complexity index is 467. The van der Waals surface area contributed by atoms with Crippen LogP contribution in [0.25, 0.3) is 0 Å². The van der Waals surface area contributed by atoms with E-state index in [1.165, 1.54) is 0 Å². The molecule has 20 heavy (non-hydrogen) atoms. The Hall–Kier alpha value is -2.12. The molecule has 0 heterocycles. The summed E-state index contributed by atoms with van der Waals surface area (Å²) in [6.07, 6.45) is -1.67. The Balaban J connectivity index is 2.35. The molecule has 0 saturated carbocycles. The molecule has 6 nitrogen and oxygen atoms in total. The molecular formula is C14H17N3O3. The maximum absolute atomic E-state index is 9.65. The van der Waals surface area contributed by atoms with Crippen molar-refractivity contribution in [3.8, 4) is 17.9 Å². The first kappa shape index (κ1) is 15.9. The topological polar surface area (TPSA) is 112 Å². The molecule has 3 N–H and O–H groups in total. The van der Waals surface area contributed by atoms with Crippen LogP contribution in [0.15, 0.2) is 30.3 Å². The predicted molar refractivity (Wildman–Crippen MR) is 71.0 cm³/mol. The minimum Gasteiger partial charge on any atom is -0.488 e. The summed E-state index contributed by atoms with van der Waals surface area (Å²) >= 11 is 0. The maximum atomic E-state index is 9.65. The van der Waals surface area contributed by atoms with Crippen LogP contribution in [0.2, 0.25) is 0 Å². The lowest BCUT2D eigenvalue weighted by Crippen LogP contribution is -2.38. The Kier molecular flexibility index (Phi) is 7.08. The summed E-state index contributed by atoms with van der Waals surface area (Å²) in [5.74, 6) is -0.0361. The normalized spacial score (nSPS) is 14.6. The van der Waals surface area contributed by atoms with Gasteiger partial charge in [-0.3, -0.25) is 0 Å². The van der Waals surface area contributed by atoms with Crippen molar-refractivity contribution >= 4 is 0 Å². The molecule has 0 aliphatic carbocycles. The molecule has 0 radical (unpaired) electrons. The highest BCUT2D eigenvalue weighted by Gasteiger charge is 2.21. The average Bonchev–Trinajstić information content (AvgIpc) is 2.47. The molecule has 3 unspecified atom stereocenters. The van der Waals surface area contributed by atoms with Crippen LogP contribution in [-0.4, -0.2) is 24.2 Å². The number of hydrogen-bond acceptors (Lipinski definition) is 6. The number of nitrogens with two attached hydrogens (primary N) is 1. The molecule has 6 heteroatoms. The molecule has 0 aliphatic rings. The van der Waals surface area contributed by atoms with Crippen molar-refractivity contribution in [1.82, 2.24) is 0 Å². The molecule has 0 aromatic heterocycles. The first-order chi connectivity index (χ1) is 9.67. The SMILES string of the molecule is N#CCCC(C#N)C(N)OC(O)COc1ccccc1. The van der Waals surface area contributed by atoms with Crippen molar-refractivity contribution in [1.29, 1.82) is 10.5 Å². The summed E-state index contributed by atoms with van der Waals surface area (Å²) in [7, 11) is 0. The summed E-state index contributed by atoms with van der Waals surface area (Å²) < 4.78 is 10.4. The number of nitrogens with zero attached hydrogens (tertiary/aromatic N) is 2. The van der Waals surface area contributed by atoms with E-state index in [4.69, 9.17) is 25.7 Å². The molecule has 3 atom stereocenters. The van der Waals surface area contributed by atoms with Gasteiger partial charge in [0, 0.05) is 6.42 Å². The van der Waals surface area contributed by atoms with Gasteiger partial charge in [-0.1, -0.05) is 18.2 Å². The number of rotatable bonds is 8. The molecule has 0 spiro atoms. The van der Waals surface area contributed by atoms with Gasteiger partial charge in [0.25, 0.3) is 0 Å². The third-order valence-electron chi connectivity index (χ3n) is 2.58. The number of nitriles is 2. The number of para-hydroxylation sites is 1. The third-order valence-corrected chi connectivity index (χ3v) is 2.58. The van der Waals surface area contributed by atoms with Gasteiger partial charge in [0.1, 0.15) is 18.6 Å². The first-order valence-electron chi connectivity index (χ1n) is 6.21. The second-order valence-corrected chi connectivity index (χ2v) is 4.11. The highest BCUT2D eigenvalue weighted by Crippen LogP contribution is 2.12. The van der Waals surface area contributed by atoms with Gasteiger partial charge >= 0.3 is 0 Å². The van der Waals surface area contributed by atoms with Crippen molar-refractivity contribution in [2.24, 2.45) is 11.7 Å². The van der Waals surface area contributed by atoms with E-state index in [1.54, 1.807) is 12.1 Å². The van der Waals surface area contributed by atoms with Crippen molar-refractivity contribution in [3.05, 3.63) is 30.3 Å². The lowest BCUT2D eigenvalue weighted by atomic mass is 10.0. The zero-order valence-corrected chi connectivity index (χ0v) is 11.0. The Morgan fingerprint density at radius 2 is 1.95 bits per heavy atom. The molecule has 0 fully saturated rings. The van der Waals surface area contributed by atoms with Crippen LogP contribution in [0, 0.1) is 28.6 Å². The maximum Gasteiger partial charge on any atom is 0.191 e. The second kappa shape index (κ2) is 8.89. The molecule has 0 bridgehead atoms. The number of benzene rings is 1. The standard InChI is InChI=1S/C14H17N3O3/c15-8-4-5-11(9-16)14(17)20-13(18)10-19-12-6-2-1-3-7-12/h1-3,6-7,11,13-14,18H,4-5,10,17H2. The van der Waals surface area contributed by atoms with E-state index in [-0.39, 0.29) is 13.0 Å². The van der Waals surface area contributed by atoms with Crippen LogP contribution in [0.3, 0.4) is 0 Å². The molecular weight excluding hydrogens is 258 g/mol. The van der Waals surface area contributed by atoms with Gasteiger partial charge in [0.05, 0.1) is 18.1 Å². The van der Waals surface area contributed by atoms with Crippen molar-refractivity contribution in [2.45, 2.75) is 25.4 Å². The largest absolute Gasteiger partial charge is 0.488 e. The van der Waals surface area contributed by atoms with Gasteiger partial charge in [0.15, 0.2) is 6.29 Å². The Morgan fingerprint density at radius 3 is 2.55 bits per heavy atom. The van der Waals surface area contributed by atoms with Gasteiger partial charge in [-0.25, -0.2) is 0 Å². The lowest BCUT2D eigenvalue weighted by molar-refractivity contribution is -0.159. The first-order valence-corrected chi connectivity index (χ1v) is 6.21. The fourth-order valence-corrected chi connectivity index (χ4v) is 1.52. The van der Waals surface area contributed by atoms with Crippen LogP contribution in [0.4, 0.5) is 0 Å². The number of aliphatic hydroxyl groups excluding tert-OH is 1. The van der Waals surface area contributed by atoms with Gasteiger partial charge in [-0.15, -0.1) is 0 Å². The fraction of sp³-hybridized carbons (Fsp3) is 0.429. The van der Waals surface area contributed by atoms with Crippen LogP contribution >= 0.6 is 0 Å². The smallest absolute Gasteiger partial charge is 0.191 e. The van der Waals surface area contributed by atoms with Crippen molar-refractivity contribution in [3.63, 3.8) is 0 Å². The number of hydrogen-bond donors (Lipinski definition) is 2. The molecule has 0 amide bonds. The van der Waals surface area contributed by atoms with E-state index >= 15 is 0 Å². The lowest BCUT2D eigenvalue weighted by Gasteiger charge is -2.21. The second-order valence-electron chi connectivity index (χ2n) is 4.11. The zero-order chi connectivity index (χ0) is 14.8.